The van der Waals surface area contributed by atoms with Crippen molar-refractivity contribution in [1.29, 1.82) is 0 Å². The third-order valence-electron chi connectivity index (χ3n) is 2.53. The molecule has 86 valence electrons. The zero-order chi connectivity index (χ0) is 17.5. The SMILES string of the molecule is [2H]C([2H])([2H])C([2H])([2H])C([2H])([2H])[C@H]1CC(=O)N(C(CC)C(N)=O)C1. The standard InChI is InChI=1S/C11H20N2O2/c1-3-5-8-6-10(14)13(7-8)9(4-2)11(12)15/h8-9H,3-7H2,1-2H3,(H2,12,15)/t8-,9?/m0/s1/i1D3,3D2,5D2. The summed E-state index contributed by atoms with van der Waals surface area (Å²) in [5.74, 6) is -2.42. The molecule has 0 radical (unpaired) electrons. The third-order valence-corrected chi connectivity index (χ3v) is 2.53. The lowest BCUT2D eigenvalue weighted by Crippen LogP contribution is -2.45. The second-order valence-electron chi connectivity index (χ2n) is 3.54. The zero-order valence-electron chi connectivity index (χ0n) is 15.6. The van der Waals surface area contributed by atoms with Gasteiger partial charge in [0.2, 0.25) is 11.8 Å². The number of carbonyl (C=O) groups is 2. The smallest absolute Gasteiger partial charge is 0.240 e. The van der Waals surface area contributed by atoms with E-state index in [9.17, 15) is 9.59 Å². The Morgan fingerprint density at radius 3 is 3.13 bits per heavy atom. The molecule has 0 aromatic heterocycles. The molecular formula is C11H20N2O2. The van der Waals surface area contributed by atoms with E-state index in [1.54, 1.807) is 6.92 Å². The van der Waals surface area contributed by atoms with E-state index in [1.807, 2.05) is 0 Å². The first-order chi connectivity index (χ1) is 9.77. The van der Waals surface area contributed by atoms with Crippen LogP contribution >= 0.6 is 0 Å². The summed E-state index contributed by atoms with van der Waals surface area (Å²) in [5.41, 5.74) is 5.21. The summed E-state index contributed by atoms with van der Waals surface area (Å²) in [5, 5.41) is 0. The van der Waals surface area contributed by atoms with Crippen LogP contribution in [0.15, 0.2) is 0 Å². The molecule has 1 rings (SSSR count). The van der Waals surface area contributed by atoms with Gasteiger partial charge < -0.3 is 10.6 Å². The molecule has 1 aliphatic rings. The fourth-order valence-electron chi connectivity index (χ4n) is 1.81. The fraction of sp³-hybridized carbons (Fsp3) is 0.818. The highest BCUT2D eigenvalue weighted by molar-refractivity contribution is 5.87. The molecule has 2 N–H and O–H groups in total. The van der Waals surface area contributed by atoms with E-state index in [2.05, 4.69) is 0 Å². The normalized spacial score (nSPS) is 32.9. The van der Waals surface area contributed by atoms with Crippen LogP contribution in [-0.4, -0.2) is 29.3 Å². The molecule has 0 spiro atoms. The van der Waals surface area contributed by atoms with Crippen molar-refractivity contribution in [3.63, 3.8) is 0 Å². The number of likely N-dealkylation sites (tertiary alicyclic amines) is 1. The molecule has 2 atom stereocenters. The van der Waals surface area contributed by atoms with Crippen molar-refractivity contribution < 1.29 is 19.2 Å². The molecule has 15 heavy (non-hydrogen) atoms. The summed E-state index contributed by atoms with van der Waals surface area (Å²) < 4.78 is 52.6. The topological polar surface area (TPSA) is 63.4 Å². The molecule has 0 aromatic carbocycles. The highest BCUT2D eigenvalue weighted by atomic mass is 16.2. The Labute approximate surface area is 101 Å². The van der Waals surface area contributed by atoms with Crippen LogP contribution in [0.25, 0.3) is 0 Å². The predicted octanol–water partition coefficient (Wildman–Crippen LogP) is 0.899. The fourth-order valence-corrected chi connectivity index (χ4v) is 1.81. The molecule has 0 bridgehead atoms. The number of nitrogens with two attached hydrogens (primary N) is 1. The van der Waals surface area contributed by atoms with Gasteiger partial charge in [-0.1, -0.05) is 20.1 Å². The van der Waals surface area contributed by atoms with Crippen LogP contribution in [0.3, 0.4) is 0 Å². The largest absolute Gasteiger partial charge is 0.368 e. The Hall–Kier alpha value is -1.06. The van der Waals surface area contributed by atoms with Gasteiger partial charge in [0.1, 0.15) is 6.04 Å². The van der Waals surface area contributed by atoms with Crippen molar-refractivity contribution in [1.82, 2.24) is 4.90 Å². The van der Waals surface area contributed by atoms with Crippen molar-refractivity contribution >= 4 is 11.8 Å². The molecule has 0 aromatic rings. The summed E-state index contributed by atoms with van der Waals surface area (Å²) >= 11 is 0. The lowest BCUT2D eigenvalue weighted by molar-refractivity contribution is -0.136. The van der Waals surface area contributed by atoms with E-state index < -0.39 is 43.4 Å². The zero-order valence-corrected chi connectivity index (χ0v) is 8.62. The lowest BCUT2D eigenvalue weighted by Gasteiger charge is -2.24. The molecule has 4 nitrogen and oxygen atoms in total. The number of rotatable bonds is 5. The lowest BCUT2D eigenvalue weighted by atomic mass is 10.0. The van der Waals surface area contributed by atoms with Gasteiger partial charge in [0.05, 0.1) is 0 Å². The Balaban J connectivity index is 3.06. The summed E-state index contributed by atoms with van der Waals surface area (Å²) in [6.07, 6.45) is -5.97. The highest BCUT2D eigenvalue weighted by Crippen LogP contribution is 2.24. The van der Waals surface area contributed by atoms with Crippen LogP contribution in [0.1, 0.15) is 49.0 Å². The van der Waals surface area contributed by atoms with Crippen molar-refractivity contribution in [3.8, 4) is 0 Å². The monoisotopic (exact) mass is 219 g/mol. The van der Waals surface area contributed by atoms with Gasteiger partial charge in [-0.15, -0.1) is 0 Å². The number of amides is 2. The second kappa shape index (κ2) is 5.14. The minimum absolute atomic E-state index is 0.233. The summed E-state index contributed by atoms with van der Waals surface area (Å²) in [4.78, 5) is 24.5. The van der Waals surface area contributed by atoms with E-state index in [4.69, 9.17) is 15.3 Å². The molecule has 1 heterocycles. The number of primary amides is 1. The van der Waals surface area contributed by atoms with Crippen LogP contribution in [0.4, 0.5) is 0 Å². The first-order valence-electron chi connectivity index (χ1n) is 8.36. The van der Waals surface area contributed by atoms with Crippen LogP contribution in [0.5, 0.6) is 0 Å². The predicted molar refractivity (Wildman–Crippen MR) is 58.0 cm³/mol. The molecule has 1 saturated heterocycles. The Morgan fingerprint density at radius 1 is 1.87 bits per heavy atom. The van der Waals surface area contributed by atoms with E-state index in [-0.39, 0.29) is 19.4 Å². The van der Waals surface area contributed by atoms with Gasteiger partial charge >= 0.3 is 0 Å². The van der Waals surface area contributed by atoms with Gasteiger partial charge in [0, 0.05) is 22.6 Å². The van der Waals surface area contributed by atoms with E-state index in [1.165, 1.54) is 0 Å². The number of hydrogen-bond acceptors (Lipinski definition) is 2. The average molecular weight is 219 g/mol. The van der Waals surface area contributed by atoms with Gasteiger partial charge in [0.15, 0.2) is 0 Å². The minimum atomic E-state index is -3.17. The molecule has 0 aliphatic carbocycles. The maximum absolute atomic E-state index is 12.0. The summed E-state index contributed by atoms with van der Waals surface area (Å²) in [7, 11) is 0. The quantitative estimate of drug-likeness (QED) is 0.746. The molecule has 0 saturated carbocycles. The Morgan fingerprint density at radius 2 is 2.60 bits per heavy atom. The second-order valence-corrected chi connectivity index (χ2v) is 3.54. The molecule has 2 amide bonds. The van der Waals surface area contributed by atoms with Crippen molar-refractivity contribution in [2.45, 2.75) is 45.4 Å². The van der Waals surface area contributed by atoms with Gasteiger partial charge in [-0.05, 0) is 18.7 Å². The van der Waals surface area contributed by atoms with E-state index >= 15 is 0 Å². The summed E-state index contributed by atoms with van der Waals surface area (Å²) in [6.45, 7) is -1.75. The highest BCUT2D eigenvalue weighted by Gasteiger charge is 2.35. The summed E-state index contributed by atoms with van der Waals surface area (Å²) in [6, 6.07) is -0.896. The van der Waals surface area contributed by atoms with Crippen LogP contribution in [0.2, 0.25) is 0 Å². The molecular weight excluding hydrogens is 192 g/mol. The van der Waals surface area contributed by atoms with Crippen molar-refractivity contribution in [2.75, 3.05) is 6.54 Å². The first kappa shape index (κ1) is 5.32. The first-order valence-corrected chi connectivity index (χ1v) is 4.86. The van der Waals surface area contributed by atoms with Crippen molar-refractivity contribution in [2.24, 2.45) is 11.7 Å². The number of carbonyl (C=O) groups excluding carboxylic acids is 2. The Kier molecular flexibility index (Phi) is 1.83. The third kappa shape index (κ3) is 2.70. The van der Waals surface area contributed by atoms with Crippen molar-refractivity contribution in [3.05, 3.63) is 0 Å². The van der Waals surface area contributed by atoms with E-state index in [0.717, 1.165) is 4.90 Å². The van der Waals surface area contributed by atoms with Gasteiger partial charge in [-0.25, -0.2) is 0 Å². The van der Waals surface area contributed by atoms with E-state index in [0.29, 0.717) is 0 Å². The Bertz CT molecular complexity index is 464. The van der Waals surface area contributed by atoms with Gasteiger partial charge in [-0.2, -0.15) is 0 Å². The minimum Gasteiger partial charge on any atom is -0.368 e. The van der Waals surface area contributed by atoms with Crippen LogP contribution in [-0.2, 0) is 9.59 Å². The molecule has 1 aliphatic heterocycles. The molecule has 1 fully saturated rings. The molecule has 1 unspecified atom stereocenters. The van der Waals surface area contributed by atoms with Crippen LogP contribution < -0.4 is 5.73 Å². The molecule has 4 heteroatoms. The maximum atomic E-state index is 12.0. The van der Waals surface area contributed by atoms with Crippen LogP contribution in [0, 0.1) is 5.92 Å². The number of nitrogens with zero attached hydrogens (tertiary/aromatic N) is 1. The van der Waals surface area contributed by atoms with Gasteiger partial charge in [0.25, 0.3) is 0 Å². The van der Waals surface area contributed by atoms with Gasteiger partial charge in [-0.3, -0.25) is 9.59 Å². The maximum Gasteiger partial charge on any atom is 0.240 e. The number of hydrogen-bond donors (Lipinski definition) is 1. The average Bonchev–Trinajstić information content (AvgIpc) is 2.71.